The second-order valence-electron chi connectivity index (χ2n) is 5.79. The van der Waals surface area contributed by atoms with Crippen LogP contribution in [0.3, 0.4) is 0 Å². The van der Waals surface area contributed by atoms with Gasteiger partial charge in [-0.1, -0.05) is 18.7 Å². The Kier molecular flexibility index (Phi) is 4.47. The molecule has 0 unspecified atom stereocenters. The van der Waals surface area contributed by atoms with Crippen molar-refractivity contribution in [3.8, 4) is 5.75 Å². The van der Waals surface area contributed by atoms with Crippen LogP contribution in [0.25, 0.3) is 10.9 Å². The summed E-state index contributed by atoms with van der Waals surface area (Å²) in [6.07, 6.45) is 3.49. The Morgan fingerprint density at radius 3 is 2.79 bits per heavy atom. The number of hydrogen-bond acceptors (Lipinski definition) is 4. The molecule has 24 heavy (non-hydrogen) atoms. The van der Waals surface area contributed by atoms with E-state index >= 15 is 0 Å². The maximum absolute atomic E-state index is 6.10. The predicted octanol–water partition coefficient (Wildman–Crippen LogP) is 4.69. The highest BCUT2D eigenvalue weighted by atomic mass is 16.5. The van der Waals surface area contributed by atoms with Gasteiger partial charge in [0, 0.05) is 34.2 Å². The van der Waals surface area contributed by atoms with Crippen molar-refractivity contribution in [3.63, 3.8) is 0 Å². The van der Waals surface area contributed by atoms with Gasteiger partial charge in [0.25, 0.3) is 0 Å². The summed E-state index contributed by atoms with van der Waals surface area (Å²) in [6.45, 7) is 10.3. The highest BCUT2D eigenvalue weighted by molar-refractivity contribution is 5.95. The Balaban J connectivity index is 1.99. The molecule has 2 heterocycles. The zero-order chi connectivity index (χ0) is 17.1. The molecule has 0 bridgehead atoms. The van der Waals surface area contributed by atoms with Crippen LogP contribution >= 0.6 is 0 Å². The highest BCUT2D eigenvalue weighted by Crippen LogP contribution is 2.30. The molecule has 3 aromatic rings. The summed E-state index contributed by atoms with van der Waals surface area (Å²) in [6, 6.07) is 9.97. The number of hydrogen-bond donors (Lipinski definition) is 1. The lowest BCUT2D eigenvalue weighted by molar-refractivity contribution is 0.307. The molecule has 0 saturated heterocycles. The number of para-hydroxylation sites is 1. The molecule has 0 saturated carbocycles. The van der Waals surface area contributed by atoms with Crippen molar-refractivity contribution in [2.24, 2.45) is 0 Å². The van der Waals surface area contributed by atoms with E-state index in [-0.39, 0.29) is 0 Å². The fourth-order valence-electron chi connectivity index (χ4n) is 2.79. The van der Waals surface area contributed by atoms with Crippen molar-refractivity contribution < 1.29 is 4.74 Å². The number of nitrogens with zero attached hydrogens (tertiary/aromatic N) is 2. The largest absolute Gasteiger partial charge is 0.487 e. The number of aromatic nitrogens is 2. The highest BCUT2D eigenvalue weighted by Gasteiger charge is 2.10. The van der Waals surface area contributed by atoms with Crippen LogP contribution in [-0.4, -0.2) is 9.97 Å². The van der Waals surface area contributed by atoms with Gasteiger partial charge in [-0.3, -0.25) is 4.98 Å². The Bertz CT molecular complexity index is 883. The van der Waals surface area contributed by atoms with Gasteiger partial charge in [-0.2, -0.15) is 0 Å². The van der Waals surface area contributed by atoms with Crippen LogP contribution in [0.4, 0.5) is 5.69 Å². The van der Waals surface area contributed by atoms with Gasteiger partial charge in [0.05, 0.1) is 0 Å². The van der Waals surface area contributed by atoms with Crippen LogP contribution in [0.1, 0.15) is 22.5 Å². The summed E-state index contributed by atoms with van der Waals surface area (Å²) in [4.78, 5) is 9.01. The summed E-state index contributed by atoms with van der Waals surface area (Å²) < 4.78 is 6.10. The molecule has 0 aliphatic rings. The molecule has 3 rings (SSSR count). The number of nitrogens with one attached hydrogen (secondary N) is 1. The third kappa shape index (κ3) is 3.08. The first-order valence-corrected chi connectivity index (χ1v) is 7.92. The molecule has 4 heteroatoms. The van der Waals surface area contributed by atoms with Gasteiger partial charge in [-0.05, 0) is 50.7 Å². The van der Waals surface area contributed by atoms with E-state index in [1.165, 1.54) is 5.56 Å². The fourth-order valence-corrected chi connectivity index (χ4v) is 2.79. The Hall–Kier alpha value is -2.88. The van der Waals surface area contributed by atoms with Crippen LogP contribution in [0.15, 0.2) is 49.3 Å². The third-order valence-corrected chi connectivity index (χ3v) is 4.07. The molecule has 0 aliphatic carbocycles. The maximum atomic E-state index is 6.10. The first-order chi connectivity index (χ1) is 11.6. The number of pyridine rings is 2. The van der Waals surface area contributed by atoms with Crippen molar-refractivity contribution in [1.29, 1.82) is 0 Å². The molecule has 0 fully saturated rings. The van der Waals surface area contributed by atoms with Crippen molar-refractivity contribution in [1.82, 2.24) is 9.97 Å². The molecule has 2 aromatic heterocycles. The SMILES string of the molecule is C=CNc1cc(C)nc2c(OCc3c(C)ccnc3C)cccc12. The average molecular weight is 319 g/mol. The number of benzene rings is 1. The van der Waals surface area contributed by atoms with Gasteiger partial charge in [-0.25, -0.2) is 4.98 Å². The number of fused-ring (bicyclic) bond motifs is 1. The molecule has 0 aliphatic heterocycles. The first-order valence-electron chi connectivity index (χ1n) is 7.92. The molecule has 0 spiro atoms. The monoisotopic (exact) mass is 319 g/mol. The second kappa shape index (κ2) is 6.71. The van der Waals surface area contributed by atoms with Gasteiger partial charge in [-0.15, -0.1) is 0 Å². The molecular weight excluding hydrogens is 298 g/mol. The summed E-state index contributed by atoms with van der Waals surface area (Å²) in [5.41, 5.74) is 6.05. The summed E-state index contributed by atoms with van der Waals surface area (Å²) in [7, 11) is 0. The molecule has 4 nitrogen and oxygen atoms in total. The Morgan fingerprint density at radius 1 is 1.21 bits per heavy atom. The van der Waals surface area contributed by atoms with Crippen LogP contribution in [0, 0.1) is 20.8 Å². The van der Waals surface area contributed by atoms with Crippen molar-refractivity contribution >= 4 is 16.6 Å². The minimum Gasteiger partial charge on any atom is -0.487 e. The molecule has 0 amide bonds. The molecule has 1 aromatic carbocycles. The first kappa shape index (κ1) is 16.0. The molecule has 1 N–H and O–H groups in total. The summed E-state index contributed by atoms with van der Waals surface area (Å²) >= 11 is 0. The Morgan fingerprint density at radius 2 is 2.04 bits per heavy atom. The van der Waals surface area contributed by atoms with Gasteiger partial charge in [0.15, 0.2) is 0 Å². The van der Waals surface area contributed by atoms with Crippen molar-refractivity contribution in [2.45, 2.75) is 27.4 Å². The van der Waals surface area contributed by atoms with Gasteiger partial charge in [0.1, 0.15) is 17.9 Å². The fraction of sp³-hybridized carbons (Fsp3) is 0.200. The van der Waals surface area contributed by atoms with E-state index in [9.17, 15) is 0 Å². The summed E-state index contributed by atoms with van der Waals surface area (Å²) in [5.74, 6) is 0.769. The second-order valence-corrected chi connectivity index (χ2v) is 5.79. The van der Waals surface area contributed by atoms with E-state index in [0.717, 1.165) is 39.3 Å². The molecular formula is C20H21N3O. The van der Waals surface area contributed by atoms with Crippen LogP contribution in [-0.2, 0) is 6.61 Å². The molecule has 0 atom stereocenters. The number of rotatable bonds is 5. The number of ether oxygens (including phenoxy) is 1. The van der Waals surface area contributed by atoms with E-state index in [2.05, 4.69) is 28.8 Å². The van der Waals surface area contributed by atoms with Crippen LogP contribution < -0.4 is 10.1 Å². The smallest absolute Gasteiger partial charge is 0.146 e. The maximum Gasteiger partial charge on any atom is 0.146 e. The van der Waals surface area contributed by atoms with E-state index in [4.69, 9.17) is 4.74 Å². The van der Waals surface area contributed by atoms with Gasteiger partial charge >= 0.3 is 0 Å². The minimum atomic E-state index is 0.477. The zero-order valence-electron chi connectivity index (χ0n) is 14.3. The molecule has 122 valence electrons. The third-order valence-electron chi connectivity index (χ3n) is 4.07. The number of anilines is 1. The average Bonchev–Trinajstić information content (AvgIpc) is 2.55. The quantitative estimate of drug-likeness (QED) is 0.741. The van der Waals surface area contributed by atoms with Crippen LogP contribution in [0.5, 0.6) is 5.75 Å². The number of aryl methyl sites for hydroxylation is 3. The lowest BCUT2D eigenvalue weighted by Crippen LogP contribution is -2.03. The Labute approximate surface area is 142 Å². The minimum absolute atomic E-state index is 0.477. The lowest BCUT2D eigenvalue weighted by atomic mass is 10.1. The van der Waals surface area contributed by atoms with E-state index in [0.29, 0.717) is 6.61 Å². The topological polar surface area (TPSA) is 47.0 Å². The van der Waals surface area contributed by atoms with Gasteiger partial charge in [0.2, 0.25) is 0 Å². The predicted molar refractivity (Wildman–Crippen MR) is 98.3 cm³/mol. The lowest BCUT2D eigenvalue weighted by Gasteiger charge is -2.14. The zero-order valence-corrected chi connectivity index (χ0v) is 14.3. The van der Waals surface area contributed by atoms with Crippen LogP contribution in [0.2, 0.25) is 0 Å². The normalized spacial score (nSPS) is 10.6. The van der Waals surface area contributed by atoms with E-state index in [1.54, 1.807) is 6.20 Å². The van der Waals surface area contributed by atoms with Crippen molar-refractivity contribution in [3.05, 3.63) is 71.8 Å². The van der Waals surface area contributed by atoms with E-state index < -0.39 is 0 Å². The van der Waals surface area contributed by atoms with E-state index in [1.807, 2.05) is 50.4 Å². The summed E-state index contributed by atoms with van der Waals surface area (Å²) in [5, 5.41) is 4.18. The van der Waals surface area contributed by atoms with Crippen molar-refractivity contribution in [2.75, 3.05) is 5.32 Å². The standard InChI is InChI=1S/C20H21N3O/c1-5-21-18-11-14(3)23-20-16(18)7-6-8-19(20)24-12-17-13(2)9-10-22-15(17)4/h5-11H,1,12H2,2-4H3,(H,21,23). The van der Waals surface area contributed by atoms with Gasteiger partial charge < -0.3 is 10.1 Å². The molecule has 0 radical (unpaired) electrons.